The Morgan fingerprint density at radius 2 is 0.644 bits per heavy atom. The molecule has 3 aromatic heterocycles. The lowest BCUT2D eigenvalue weighted by Gasteiger charge is -2.05. The van der Waals surface area contributed by atoms with Gasteiger partial charge in [0.05, 0.1) is 11.1 Å². The van der Waals surface area contributed by atoms with E-state index in [4.69, 9.17) is 23.2 Å². The normalized spacial score (nSPS) is 11.5. The number of halogens is 2. The molecule has 4 nitrogen and oxygen atoms in total. The van der Waals surface area contributed by atoms with Crippen molar-refractivity contribution in [2.24, 2.45) is 0 Å². The number of rotatable bonds is 38. The fourth-order valence-electron chi connectivity index (χ4n) is 7.83. The molecule has 3 aromatic rings. The van der Waals surface area contributed by atoms with E-state index in [1.165, 1.54) is 202 Å². The van der Waals surface area contributed by atoms with Crippen molar-refractivity contribution in [3.05, 3.63) is 44.1 Å². The van der Waals surface area contributed by atoms with Crippen LogP contribution < -0.4 is 10.6 Å². The fraction of sp³-hybridized carbons (Fsp3) is 0.720. The van der Waals surface area contributed by atoms with Crippen LogP contribution in [-0.2, 0) is 0 Å². The lowest BCUT2D eigenvalue weighted by atomic mass is 10.0. The van der Waals surface area contributed by atoms with Crippen molar-refractivity contribution < 1.29 is 9.59 Å². The van der Waals surface area contributed by atoms with Crippen molar-refractivity contribution in [1.82, 2.24) is 10.6 Å². The van der Waals surface area contributed by atoms with Crippen LogP contribution in [0.15, 0.2) is 24.3 Å². The van der Waals surface area contributed by atoms with E-state index in [0.29, 0.717) is 32.9 Å². The molecule has 3 rings (SSSR count). The zero-order valence-electron chi connectivity index (χ0n) is 37.1. The summed E-state index contributed by atoms with van der Waals surface area (Å²) in [4.78, 5) is 30.0. The number of unbranched alkanes of at least 4 members (excludes halogenated alkanes) is 30. The molecule has 0 atom stereocenters. The van der Waals surface area contributed by atoms with Gasteiger partial charge >= 0.3 is 0 Å². The first-order chi connectivity index (χ1) is 28.9. The average molecular weight is 908 g/mol. The molecule has 0 aromatic carbocycles. The van der Waals surface area contributed by atoms with E-state index in [1.807, 2.05) is 12.1 Å². The smallest absolute Gasteiger partial charge is 0.253 e. The molecule has 0 spiro atoms. The molecule has 0 aliphatic heterocycles. The molecule has 0 saturated heterocycles. The number of hydrogen-bond acceptors (Lipinski definition) is 5. The molecule has 2 amide bonds. The van der Waals surface area contributed by atoms with Gasteiger partial charge in [-0.3, -0.25) is 9.59 Å². The minimum absolute atomic E-state index is 0.101. The third-order valence-corrected chi connectivity index (χ3v) is 15.8. The van der Waals surface area contributed by atoms with E-state index in [-0.39, 0.29) is 11.8 Å². The minimum atomic E-state index is -0.101. The Morgan fingerprint density at radius 1 is 0.390 bits per heavy atom. The van der Waals surface area contributed by atoms with E-state index in [9.17, 15) is 9.59 Å². The van der Waals surface area contributed by atoms with Crippen molar-refractivity contribution in [2.45, 2.75) is 219 Å². The van der Waals surface area contributed by atoms with Crippen LogP contribution in [0.25, 0.3) is 19.5 Å². The summed E-state index contributed by atoms with van der Waals surface area (Å²) in [5.74, 6) is -0.203. The Balaban J connectivity index is 1.23. The topological polar surface area (TPSA) is 58.2 Å². The van der Waals surface area contributed by atoms with E-state index < -0.39 is 0 Å². The third-order valence-electron chi connectivity index (χ3n) is 11.6. The molecule has 0 unspecified atom stereocenters. The second-order valence-electron chi connectivity index (χ2n) is 16.9. The molecule has 2 N–H and O–H groups in total. The molecule has 0 aliphatic rings. The van der Waals surface area contributed by atoms with Gasteiger partial charge in [0, 0.05) is 32.6 Å². The van der Waals surface area contributed by atoms with Crippen LogP contribution in [0.3, 0.4) is 0 Å². The first-order valence-corrected chi connectivity index (χ1v) is 27.4. The number of carbonyl (C=O) groups excluding carboxylic acids is 2. The summed E-state index contributed by atoms with van der Waals surface area (Å²) in [5.41, 5.74) is 1.08. The van der Waals surface area contributed by atoms with Gasteiger partial charge in [-0.25, -0.2) is 0 Å². The molecule has 0 fully saturated rings. The van der Waals surface area contributed by atoms with Gasteiger partial charge in [-0.1, -0.05) is 230 Å². The van der Waals surface area contributed by atoms with E-state index >= 15 is 0 Å². The zero-order valence-corrected chi connectivity index (χ0v) is 41.1. The zero-order chi connectivity index (χ0) is 42.2. The predicted molar refractivity (Wildman–Crippen MR) is 265 cm³/mol. The van der Waals surface area contributed by atoms with E-state index in [1.54, 1.807) is 11.3 Å². The van der Waals surface area contributed by atoms with Crippen LogP contribution in [0, 0.1) is 0 Å². The number of hydrogen-bond donors (Lipinski definition) is 2. The maximum Gasteiger partial charge on any atom is 0.253 e. The molecule has 9 heteroatoms. The highest BCUT2D eigenvalue weighted by Gasteiger charge is 2.19. The minimum Gasteiger partial charge on any atom is -0.352 e. The van der Waals surface area contributed by atoms with E-state index in [0.717, 1.165) is 45.2 Å². The summed E-state index contributed by atoms with van der Waals surface area (Å²) in [7, 11) is 0. The largest absolute Gasteiger partial charge is 0.352 e. The Hall–Kier alpha value is -1.38. The Labute approximate surface area is 382 Å². The van der Waals surface area contributed by atoms with Crippen molar-refractivity contribution in [2.75, 3.05) is 13.1 Å². The first-order valence-electron chi connectivity index (χ1n) is 24.2. The number of amides is 2. The van der Waals surface area contributed by atoms with Crippen molar-refractivity contribution in [3.8, 4) is 19.5 Å². The molecule has 0 bridgehead atoms. The Kier molecular flexibility index (Phi) is 30.1. The van der Waals surface area contributed by atoms with Gasteiger partial charge in [-0.2, -0.15) is 0 Å². The SMILES string of the molecule is CCCCCCCCCCCCCCCCCCNC(=O)c1cc(-c2ccc(-c3cc(C(=O)NCCCCCCCCCCCCCCCCCC)c(Cl)s3)s2)sc1Cl. The maximum absolute atomic E-state index is 13.0. The fourth-order valence-corrected chi connectivity index (χ4v) is 11.5. The summed E-state index contributed by atoms with van der Waals surface area (Å²) in [6.07, 6.45) is 42.8. The molecular weight excluding hydrogens is 828 g/mol. The average Bonchev–Trinajstić information content (AvgIpc) is 3.98. The summed E-state index contributed by atoms with van der Waals surface area (Å²) >= 11 is 17.7. The summed E-state index contributed by atoms with van der Waals surface area (Å²) in [6.45, 7) is 5.92. The first kappa shape index (κ1) is 52.0. The standard InChI is InChI=1S/C50H80Cl2N2O2S3/c1-3-5-7-9-11-13-15-17-19-21-23-25-27-29-31-33-37-53-49(55)41-39-45(58-47(41)51)43-35-36-44(57-43)46-40-42(48(52)59-46)50(56)54-38-34-32-30-28-26-24-22-20-18-16-14-12-10-8-6-4-2/h35-36,39-40H,3-34,37-38H2,1-2H3,(H,53,55)(H,54,56). The van der Waals surface area contributed by atoms with Gasteiger partial charge in [0.1, 0.15) is 8.67 Å². The monoisotopic (exact) mass is 906 g/mol. The van der Waals surface area contributed by atoms with Crippen molar-refractivity contribution in [1.29, 1.82) is 0 Å². The highest BCUT2D eigenvalue weighted by atomic mass is 35.5. The Bertz CT molecular complexity index is 1410. The lowest BCUT2D eigenvalue weighted by molar-refractivity contribution is 0.0945. The van der Waals surface area contributed by atoms with E-state index in [2.05, 4.69) is 36.6 Å². The number of nitrogens with one attached hydrogen (secondary N) is 2. The molecule has 59 heavy (non-hydrogen) atoms. The quantitative estimate of drug-likeness (QED) is 0.0563. The predicted octanol–water partition coefficient (Wildman–Crippen LogP) is 18.5. The Morgan fingerprint density at radius 3 is 0.915 bits per heavy atom. The summed E-state index contributed by atoms with van der Waals surface area (Å²) in [5, 5.41) is 6.17. The molecule has 3 heterocycles. The van der Waals surface area contributed by atoms with Crippen LogP contribution >= 0.6 is 57.2 Å². The second-order valence-corrected chi connectivity index (χ2v) is 21.3. The highest BCUT2D eigenvalue weighted by Crippen LogP contribution is 2.44. The number of thiophene rings is 3. The van der Waals surface area contributed by atoms with Gasteiger partial charge in [0.25, 0.3) is 11.8 Å². The number of carbonyl (C=O) groups is 2. The molecular formula is C50H80Cl2N2O2S3. The maximum atomic E-state index is 13.0. The van der Waals surface area contributed by atoms with Crippen LogP contribution in [0.5, 0.6) is 0 Å². The van der Waals surface area contributed by atoms with Crippen LogP contribution in [0.1, 0.15) is 240 Å². The molecule has 0 radical (unpaired) electrons. The molecule has 0 saturated carbocycles. The molecule has 0 aliphatic carbocycles. The molecule has 334 valence electrons. The van der Waals surface area contributed by atoms with Gasteiger partial charge in [0.2, 0.25) is 0 Å². The van der Waals surface area contributed by atoms with Gasteiger partial charge in [-0.05, 0) is 37.1 Å². The lowest BCUT2D eigenvalue weighted by Crippen LogP contribution is -2.24. The van der Waals surface area contributed by atoms with Crippen molar-refractivity contribution >= 4 is 69.0 Å². The van der Waals surface area contributed by atoms with Gasteiger partial charge in [-0.15, -0.1) is 34.0 Å². The van der Waals surface area contributed by atoms with Crippen molar-refractivity contribution in [3.63, 3.8) is 0 Å². The van der Waals surface area contributed by atoms with Gasteiger partial charge < -0.3 is 10.6 Å². The summed E-state index contributed by atoms with van der Waals surface area (Å²) in [6, 6.07) is 7.94. The summed E-state index contributed by atoms with van der Waals surface area (Å²) < 4.78 is 1.03. The van der Waals surface area contributed by atoms with Gasteiger partial charge in [0.15, 0.2) is 0 Å². The van der Waals surface area contributed by atoms with Crippen LogP contribution in [0.2, 0.25) is 8.67 Å². The van der Waals surface area contributed by atoms with Crippen LogP contribution in [-0.4, -0.2) is 24.9 Å². The third kappa shape index (κ3) is 23.0. The van der Waals surface area contributed by atoms with Crippen LogP contribution in [0.4, 0.5) is 0 Å². The second kappa shape index (κ2) is 34.1. The highest BCUT2D eigenvalue weighted by molar-refractivity contribution is 7.28.